The van der Waals surface area contributed by atoms with E-state index in [0.717, 1.165) is 4.90 Å². The number of carbonyl (C=O) groups excluding carboxylic acids is 4. The van der Waals surface area contributed by atoms with Gasteiger partial charge in [0, 0.05) is 12.0 Å². The zero-order valence-corrected chi connectivity index (χ0v) is 18.9. The van der Waals surface area contributed by atoms with Crippen LogP contribution in [0.2, 0.25) is 0 Å². The second kappa shape index (κ2) is 9.51. The van der Waals surface area contributed by atoms with Crippen LogP contribution in [0.5, 0.6) is 0 Å². The predicted octanol–water partition coefficient (Wildman–Crippen LogP) is 3.29. The number of fused-ring (bicyclic) bond motifs is 3. The van der Waals surface area contributed by atoms with E-state index in [1.54, 1.807) is 80.6 Å². The third-order valence-electron chi connectivity index (χ3n) is 5.94. The lowest BCUT2D eigenvalue weighted by molar-refractivity contribution is -0.185. The number of carbonyl (C=O) groups is 4. The second-order valence-corrected chi connectivity index (χ2v) is 7.87. The van der Waals surface area contributed by atoms with Crippen LogP contribution >= 0.6 is 0 Å². The third-order valence-corrected chi connectivity index (χ3v) is 5.94. The fraction of sp³-hybridized carbons (Fsp3) is 0.308. The van der Waals surface area contributed by atoms with Crippen molar-refractivity contribution < 1.29 is 33.4 Å². The van der Waals surface area contributed by atoms with Crippen molar-refractivity contribution >= 4 is 23.8 Å². The van der Waals surface area contributed by atoms with Crippen LogP contribution < -0.4 is 0 Å². The standard InChI is InChI=1S/C26H25NO7/c1-3-32-24(30)26(25(31)33-4-2)16-10-15-20-18-13-8-9-14-19(18)21(22(28)27(20)26)34-23(29)17-11-6-5-7-12-17/h5-15,20-21H,3-4,16H2,1-2H3/t20-,21+/m1/s1. The molecule has 4 rings (SSSR count). The summed E-state index contributed by atoms with van der Waals surface area (Å²) in [5.74, 6) is -3.16. The summed E-state index contributed by atoms with van der Waals surface area (Å²) in [6.07, 6.45) is 1.96. The Morgan fingerprint density at radius 3 is 2.12 bits per heavy atom. The molecule has 34 heavy (non-hydrogen) atoms. The average Bonchev–Trinajstić information content (AvgIpc) is 2.86. The van der Waals surface area contributed by atoms with Crippen molar-refractivity contribution in [2.45, 2.75) is 38.0 Å². The van der Waals surface area contributed by atoms with Gasteiger partial charge in [0.05, 0.1) is 24.8 Å². The molecule has 2 aliphatic heterocycles. The van der Waals surface area contributed by atoms with Gasteiger partial charge in [-0.25, -0.2) is 14.4 Å². The van der Waals surface area contributed by atoms with Gasteiger partial charge in [-0.2, -0.15) is 0 Å². The minimum Gasteiger partial charge on any atom is -0.464 e. The zero-order valence-electron chi connectivity index (χ0n) is 18.9. The first kappa shape index (κ1) is 23.2. The molecule has 2 aromatic carbocycles. The van der Waals surface area contributed by atoms with E-state index in [0.29, 0.717) is 11.1 Å². The van der Waals surface area contributed by atoms with Gasteiger partial charge < -0.3 is 19.1 Å². The monoisotopic (exact) mass is 463 g/mol. The summed E-state index contributed by atoms with van der Waals surface area (Å²) in [6.45, 7) is 3.26. The number of nitrogens with zero attached hydrogens (tertiary/aromatic N) is 1. The van der Waals surface area contributed by atoms with E-state index in [2.05, 4.69) is 0 Å². The number of rotatable bonds is 6. The molecular formula is C26H25NO7. The fourth-order valence-electron chi connectivity index (χ4n) is 4.45. The average molecular weight is 463 g/mol. The lowest BCUT2D eigenvalue weighted by Crippen LogP contribution is -2.66. The Morgan fingerprint density at radius 2 is 1.50 bits per heavy atom. The highest BCUT2D eigenvalue weighted by atomic mass is 16.6. The SMILES string of the molecule is CCOC(=O)C1(C(=O)OCC)CC=C[C@@H]2c3ccccc3[C@H](OC(=O)c3ccccc3)C(=O)N21. The molecule has 2 atom stereocenters. The van der Waals surface area contributed by atoms with Crippen molar-refractivity contribution in [1.29, 1.82) is 0 Å². The van der Waals surface area contributed by atoms with Crippen LogP contribution in [0.4, 0.5) is 0 Å². The predicted molar refractivity (Wildman–Crippen MR) is 120 cm³/mol. The molecule has 0 unspecified atom stereocenters. The third kappa shape index (κ3) is 3.75. The smallest absolute Gasteiger partial charge is 0.344 e. The molecule has 8 nitrogen and oxygen atoms in total. The van der Waals surface area contributed by atoms with Gasteiger partial charge in [0.2, 0.25) is 11.6 Å². The fourth-order valence-corrected chi connectivity index (χ4v) is 4.45. The van der Waals surface area contributed by atoms with Crippen LogP contribution in [0.3, 0.4) is 0 Å². The normalized spacial score (nSPS) is 20.1. The number of amides is 1. The summed E-state index contributed by atoms with van der Waals surface area (Å²) in [6, 6.07) is 14.5. The van der Waals surface area contributed by atoms with Crippen molar-refractivity contribution in [3.8, 4) is 0 Å². The van der Waals surface area contributed by atoms with E-state index in [9.17, 15) is 19.2 Å². The van der Waals surface area contributed by atoms with E-state index in [1.165, 1.54) is 0 Å². The molecule has 0 aliphatic carbocycles. The van der Waals surface area contributed by atoms with Crippen LogP contribution in [-0.4, -0.2) is 47.5 Å². The van der Waals surface area contributed by atoms with Crippen molar-refractivity contribution in [3.63, 3.8) is 0 Å². The Labute approximate surface area is 197 Å². The lowest BCUT2D eigenvalue weighted by atomic mass is 9.79. The van der Waals surface area contributed by atoms with Crippen LogP contribution in [-0.2, 0) is 28.6 Å². The molecule has 0 radical (unpaired) electrons. The highest BCUT2D eigenvalue weighted by molar-refractivity contribution is 6.09. The van der Waals surface area contributed by atoms with Gasteiger partial charge in [-0.05, 0) is 31.5 Å². The Bertz CT molecular complexity index is 1120. The topological polar surface area (TPSA) is 99.2 Å². The number of esters is 3. The Balaban J connectivity index is 1.84. The van der Waals surface area contributed by atoms with E-state index in [1.807, 2.05) is 0 Å². The molecule has 2 heterocycles. The molecule has 0 bridgehead atoms. The van der Waals surface area contributed by atoms with Gasteiger partial charge in [0.25, 0.3) is 5.91 Å². The molecule has 2 aliphatic rings. The molecule has 0 saturated carbocycles. The van der Waals surface area contributed by atoms with E-state index in [4.69, 9.17) is 14.2 Å². The summed E-state index contributed by atoms with van der Waals surface area (Å²) < 4.78 is 16.2. The first-order valence-corrected chi connectivity index (χ1v) is 11.1. The molecule has 0 spiro atoms. The minimum atomic E-state index is -2.03. The van der Waals surface area contributed by atoms with Gasteiger partial charge >= 0.3 is 17.9 Å². The van der Waals surface area contributed by atoms with Gasteiger partial charge in [0.1, 0.15) is 0 Å². The molecule has 0 N–H and O–H groups in total. The van der Waals surface area contributed by atoms with Gasteiger partial charge in [0.15, 0.2) is 0 Å². The second-order valence-electron chi connectivity index (χ2n) is 7.87. The molecule has 176 valence electrons. The van der Waals surface area contributed by atoms with E-state index >= 15 is 0 Å². The highest BCUT2D eigenvalue weighted by Crippen LogP contribution is 2.46. The largest absolute Gasteiger partial charge is 0.464 e. The first-order valence-electron chi connectivity index (χ1n) is 11.1. The molecule has 0 saturated heterocycles. The van der Waals surface area contributed by atoms with Crippen LogP contribution in [0.15, 0.2) is 66.7 Å². The van der Waals surface area contributed by atoms with Crippen molar-refractivity contribution in [2.75, 3.05) is 13.2 Å². The quantitative estimate of drug-likeness (QED) is 0.281. The number of ether oxygens (including phenoxy) is 3. The Hall–Kier alpha value is -3.94. The summed E-state index contributed by atoms with van der Waals surface area (Å²) >= 11 is 0. The van der Waals surface area contributed by atoms with Gasteiger partial charge in [-0.1, -0.05) is 54.6 Å². The van der Waals surface area contributed by atoms with Gasteiger partial charge in [-0.3, -0.25) is 4.79 Å². The van der Waals surface area contributed by atoms with Crippen molar-refractivity contribution in [1.82, 2.24) is 4.90 Å². The Morgan fingerprint density at radius 1 is 0.912 bits per heavy atom. The summed E-state index contributed by atoms with van der Waals surface area (Å²) in [5.41, 5.74) is -0.628. The van der Waals surface area contributed by atoms with Crippen molar-refractivity contribution in [2.24, 2.45) is 0 Å². The summed E-state index contributed by atoms with van der Waals surface area (Å²) in [5, 5.41) is 0. The van der Waals surface area contributed by atoms with E-state index < -0.39 is 41.5 Å². The molecule has 1 amide bonds. The molecule has 2 aromatic rings. The number of benzene rings is 2. The lowest BCUT2D eigenvalue weighted by Gasteiger charge is -2.49. The minimum absolute atomic E-state index is 0.0133. The maximum absolute atomic E-state index is 13.9. The van der Waals surface area contributed by atoms with Crippen LogP contribution in [0.1, 0.15) is 53.9 Å². The highest BCUT2D eigenvalue weighted by Gasteiger charge is 2.61. The summed E-state index contributed by atoms with van der Waals surface area (Å²) in [7, 11) is 0. The maximum Gasteiger partial charge on any atom is 0.344 e. The Kier molecular flexibility index (Phi) is 6.49. The van der Waals surface area contributed by atoms with Crippen molar-refractivity contribution in [3.05, 3.63) is 83.4 Å². The molecule has 8 heteroatoms. The van der Waals surface area contributed by atoms with E-state index in [-0.39, 0.29) is 25.2 Å². The molecular weight excluding hydrogens is 438 g/mol. The number of hydrogen-bond acceptors (Lipinski definition) is 7. The summed E-state index contributed by atoms with van der Waals surface area (Å²) in [4.78, 5) is 54.4. The zero-order chi connectivity index (χ0) is 24.3. The molecule has 0 aromatic heterocycles. The van der Waals surface area contributed by atoms with Crippen LogP contribution in [0.25, 0.3) is 0 Å². The maximum atomic E-state index is 13.9. The van der Waals surface area contributed by atoms with Crippen LogP contribution in [0, 0.1) is 0 Å². The van der Waals surface area contributed by atoms with Gasteiger partial charge in [-0.15, -0.1) is 0 Å². The molecule has 0 fully saturated rings. The number of hydrogen-bond donors (Lipinski definition) is 0. The first-order chi connectivity index (χ1) is 16.5.